The number of hydrogen-bond acceptors (Lipinski definition) is 4. The zero-order chi connectivity index (χ0) is 11.5. The molecule has 4 heteroatoms. The van der Waals surface area contributed by atoms with Gasteiger partial charge < -0.3 is 10.1 Å². The Morgan fingerprint density at radius 1 is 1.44 bits per heavy atom. The first-order chi connectivity index (χ1) is 7.66. The minimum atomic E-state index is 0.486. The van der Waals surface area contributed by atoms with Crippen molar-refractivity contribution < 1.29 is 4.74 Å². The molecule has 92 valence electrons. The Morgan fingerprint density at radius 3 is 2.81 bits per heavy atom. The van der Waals surface area contributed by atoms with Crippen LogP contribution in [0.4, 0.5) is 0 Å². The topological polar surface area (TPSA) is 33.6 Å². The van der Waals surface area contributed by atoms with Gasteiger partial charge in [-0.2, -0.15) is 0 Å². The molecule has 1 N–H and O–H groups in total. The Morgan fingerprint density at radius 2 is 2.25 bits per heavy atom. The predicted molar refractivity (Wildman–Crippen MR) is 70.0 cm³/mol. The summed E-state index contributed by atoms with van der Waals surface area (Å²) in [5.41, 5.74) is 0. The zero-order valence-electron chi connectivity index (χ0n) is 10.4. The van der Waals surface area contributed by atoms with Gasteiger partial charge in [-0.1, -0.05) is 25.6 Å². The molecule has 1 saturated heterocycles. The lowest BCUT2D eigenvalue weighted by Crippen LogP contribution is -2.36. The molecule has 2 heterocycles. The maximum absolute atomic E-state index is 5.42. The van der Waals surface area contributed by atoms with Gasteiger partial charge in [0.2, 0.25) is 0 Å². The van der Waals surface area contributed by atoms with E-state index < -0.39 is 0 Å². The monoisotopic (exact) mass is 242 g/mol. The Kier molecular flexibility index (Phi) is 4.14. The van der Waals surface area contributed by atoms with Crippen LogP contribution in [0, 0.1) is 11.8 Å². The van der Waals surface area contributed by atoms with E-state index in [0.717, 1.165) is 24.1 Å². The molecule has 2 aliphatic heterocycles. The van der Waals surface area contributed by atoms with Crippen molar-refractivity contribution in [3.8, 4) is 0 Å². The van der Waals surface area contributed by atoms with Gasteiger partial charge in [0.25, 0.3) is 0 Å². The van der Waals surface area contributed by atoms with Crippen LogP contribution < -0.4 is 5.32 Å². The molecule has 0 saturated carbocycles. The van der Waals surface area contributed by atoms with Crippen LogP contribution in [0.5, 0.6) is 0 Å². The Balaban J connectivity index is 1.83. The Hall–Kier alpha value is -0.220. The molecule has 0 amide bonds. The van der Waals surface area contributed by atoms with Crippen molar-refractivity contribution >= 4 is 16.9 Å². The van der Waals surface area contributed by atoms with Crippen molar-refractivity contribution in [2.45, 2.75) is 39.3 Å². The zero-order valence-corrected chi connectivity index (χ0v) is 11.2. The van der Waals surface area contributed by atoms with Crippen LogP contribution in [-0.2, 0) is 4.74 Å². The molecule has 16 heavy (non-hydrogen) atoms. The molecule has 0 bridgehead atoms. The third kappa shape index (κ3) is 2.92. The van der Waals surface area contributed by atoms with Crippen LogP contribution in [0.15, 0.2) is 4.99 Å². The van der Waals surface area contributed by atoms with Gasteiger partial charge in [0, 0.05) is 24.3 Å². The van der Waals surface area contributed by atoms with E-state index >= 15 is 0 Å². The first-order valence-electron chi connectivity index (χ1n) is 6.21. The molecule has 3 atom stereocenters. The van der Waals surface area contributed by atoms with E-state index in [1.807, 2.05) is 11.8 Å². The van der Waals surface area contributed by atoms with Gasteiger partial charge in [0.15, 0.2) is 5.17 Å². The maximum Gasteiger partial charge on any atom is 0.157 e. The van der Waals surface area contributed by atoms with Gasteiger partial charge in [0.1, 0.15) is 0 Å². The number of amidine groups is 1. The van der Waals surface area contributed by atoms with Crippen LogP contribution in [0.1, 0.15) is 27.2 Å². The van der Waals surface area contributed by atoms with Gasteiger partial charge in [-0.25, -0.2) is 0 Å². The quantitative estimate of drug-likeness (QED) is 0.823. The van der Waals surface area contributed by atoms with E-state index in [4.69, 9.17) is 9.73 Å². The largest absolute Gasteiger partial charge is 0.381 e. The molecule has 2 rings (SSSR count). The molecule has 3 unspecified atom stereocenters. The summed E-state index contributed by atoms with van der Waals surface area (Å²) in [5.74, 6) is 2.44. The molecule has 1 fully saturated rings. The first-order valence-corrected chi connectivity index (χ1v) is 7.20. The molecule has 0 aromatic rings. The average molecular weight is 242 g/mol. The van der Waals surface area contributed by atoms with Gasteiger partial charge in [-0.15, -0.1) is 0 Å². The van der Waals surface area contributed by atoms with E-state index in [-0.39, 0.29) is 0 Å². The third-order valence-corrected chi connectivity index (χ3v) is 4.47. The summed E-state index contributed by atoms with van der Waals surface area (Å²) < 4.78 is 5.42. The minimum absolute atomic E-state index is 0.486. The second-order valence-corrected chi connectivity index (χ2v) is 6.12. The summed E-state index contributed by atoms with van der Waals surface area (Å²) >= 11 is 1.86. The van der Waals surface area contributed by atoms with E-state index in [2.05, 4.69) is 26.1 Å². The smallest absolute Gasteiger partial charge is 0.157 e. The fourth-order valence-corrected chi connectivity index (χ4v) is 3.34. The lowest BCUT2D eigenvalue weighted by Gasteiger charge is -2.19. The minimum Gasteiger partial charge on any atom is -0.381 e. The Bertz CT molecular complexity index is 262. The van der Waals surface area contributed by atoms with Crippen molar-refractivity contribution in [1.29, 1.82) is 0 Å². The number of nitrogens with one attached hydrogen (secondary N) is 1. The summed E-state index contributed by atoms with van der Waals surface area (Å²) in [6.45, 7) is 8.55. The molecule has 0 aromatic heterocycles. The van der Waals surface area contributed by atoms with Gasteiger partial charge >= 0.3 is 0 Å². The molecule has 2 aliphatic rings. The van der Waals surface area contributed by atoms with Crippen LogP contribution >= 0.6 is 11.8 Å². The molecule has 3 nitrogen and oxygen atoms in total. The number of ether oxygens (including phenoxy) is 1. The van der Waals surface area contributed by atoms with Crippen LogP contribution in [0.25, 0.3) is 0 Å². The van der Waals surface area contributed by atoms with Crippen molar-refractivity contribution in [3.63, 3.8) is 0 Å². The number of hydrogen-bond donors (Lipinski definition) is 1. The molecular formula is C12H22N2OS. The van der Waals surface area contributed by atoms with Crippen molar-refractivity contribution in [3.05, 3.63) is 0 Å². The first kappa shape index (κ1) is 12.2. The molecule has 0 spiro atoms. The summed E-state index contributed by atoms with van der Waals surface area (Å²) in [6, 6.07) is 0.985. The van der Waals surface area contributed by atoms with E-state index in [9.17, 15) is 0 Å². The molecular weight excluding hydrogens is 220 g/mol. The number of aliphatic imine (C=N–C) groups is 1. The van der Waals surface area contributed by atoms with E-state index in [0.29, 0.717) is 23.9 Å². The molecule has 0 aromatic carbocycles. The van der Waals surface area contributed by atoms with Crippen LogP contribution in [-0.4, -0.2) is 36.2 Å². The standard InChI is InChI=1S/C12H22N2OS/c1-8(2)11-7-16-12(14-11)13-9(3)10-4-5-15-6-10/h8-11H,4-7H2,1-3H3,(H,13,14). The number of thioether (sulfide) groups is 1. The highest BCUT2D eigenvalue weighted by atomic mass is 32.2. The van der Waals surface area contributed by atoms with Crippen molar-refractivity contribution in [2.75, 3.05) is 19.0 Å². The second kappa shape index (κ2) is 5.41. The lowest BCUT2D eigenvalue weighted by molar-refractivity contribution is 0.180. The van der Waals surface area contributed by atoms with Gasteiger partial charge in [0.05, 0.1) is 12.6 Å². The van der Waals surface area contributed by atoms with E-state index in [1.165, 1.54) is 6.42 Å². The van der Waals surface area contributed by atoms with Crippen molar-refractivity contribution in [2.24, 2.45) is 16.8 Å². The number of nitrogens with zero attached hydrogens (tertiary/aromatic N) is 1. The van der Waals surface area contributed by atoms with Crippen LogP contribution in [0.3, 0.4) is 0 Å². The van der Waals surface area contributed by atoms with Gasteiger partial charge in [-0.3, -0.25) is 4.99 Å². The highest BCUT2D eigenvalue weighted by Crippen LogP contribution is 2.24. The average Bonchev–Trinajstić information content (AvgIpc) is 2.87. The molecule has 0 aliphatic carbocycles. The van der Waals surface area contributed by atoms with Crippen molar-refractivity contribution in [1.82, 2.24) is 5.32 Å². The normalized spacial score (nSPS) is 31.9. The Labute approximate surface area is 102 Å². The SMILES string of the molecule is CC(C)C1CSC(NC(C)C2CCOC2)=N1. The second-order valence-electron chi connectivity index (χ2n) is 5.11. The lowest BCUT2D eigenvalue weighted by atomic mass is 10.0. The number of rotatable bonds is 3. The fourth-order valence-electron chi connectivity index (χ4n) is 2.07. The summed E-state index contributed by atoms with van der Waals surface area (Å²) in [4.78, 5) is 4.73. The highest BCUT2D eigenvalue weighted by molar-refractivity contribution is 8.14. The molecule has 0 radical (unpaired) electrons. The summed E-state index contributed by atoms with van der Waals surface area (Å²) in [7, 11) is 0. The van der Waals surface area contributed by atoms with Gasteiger partial charge in [-0.05, 0) is 19.3 Å². The summed E-state index contributed by atoms with van der Waals surface area (Å²) in [6.07, 6.45) is 1.18. The maximum atomic E-state index is 5.42. The fraction of sp³-hybridized carbons (Fsp3) is 0.917. The third-order valence-electron chi connectivity index (χ3n) is 3.47. The van der Waals surface area contributed by atoms with E-state index in [1.54, 1.807) is 0 Å². The predicted octanol–water partition coefficient (Wildman–Crippen LogP) is 2.13. The highest BCUT2D eigenvalue weighted by Gasteiger charge is 2.26. The summed E-state index contributed by atoms with van der Waals surface area (Å²) in [5, 5.41) is 4.68. The van der Waals surface area contributed by atoms with Crippen LogP contribution in [0.2, 0.25) is 0 Å².